The van der Waals surface area contributed by atoms with Gasteiger partial charge in [0.25, 0.3) is 0 Å². The maximum atomic E-state index is 13.8. The molecule has 0 radical (unpaired) electrons. The van der Waals surface area contributed by atoms with Gasteiger partial charge in [-0.25, -0.2) is 4.98 Å². The molecule has 2 amide bonds. The molecule has 0 aromatic carbocycles. The van der Waals surface area contributed by atoms with E-state index in [2.05, 4.69) is 9.88 Å². The minimum absolute atomic E-state index is 0.138. The van der Waals surface area contributed by atoms with E-state index in [0.29, 0.717) is 5.91 Å². The average molecular weight is 429 g/mol. The standard InChI is InChI=1S/C23H32N4O2S/c28-20(25-5-7-26(8-6-25)22-24-3-9-30-22)19-2-1-4-27(19)21(29)23-13-16-10-17(14-23)12-18(11-16)15-23/h3,9,16-19H,1-2,4-8,10-15H2. The zero-order valence-electron chi connectivity index (χ0n) is 17.7. The second kappa shape index (κ2) is 7.21. The smallest absolute Gasteiger partial charge is 0.245 e. The molecule has 0 N–H and O–H groups in total. The number of thiazole rings is 1. The Labute approximate surface area is 182 Å². The second-order valence-electron chi connectivity index (χ2n) is 10.5. The van der Waals surface area contributed by atoms with E-state index >= 15 is 0 Å². The normalized spacial score (nSPS) is 37.8. The molecular weight excluding hydrogens is 396 g/mol. The number of rotatable bonds is 3. The summed E-state index contributed by atoms with van der Waals surface area (Å²) in [5.41, 5.74) is -0.138. The number of amides is 2. The van der Waals surface area contributed by atoms with E-state index in [0.717, 1.165) is 87.7 Å². The first kappa shape index (κ1) is 19.1. The van der Waals surface area contributed by atoms with Gasteiger partial charge in [0.05, 0.1) is 5.41 Å². The van der Waals surface area contributed by atoms with Gasteiger partial charge in [0.15, 0.2) is 5.13 Å². The summed E-state index contributed by atoms with van der Waals surface area (Å²) in [6, 6.07) is -0.225. The van der Waals surface area contributed by atoms with E-state index in [9.17, 15) is 9.59 Å². The lowest BCUT2D eigenvalue weighted by molar-refractivity contribution is -0.162. The Balaban J connectivity index is 1.14. The number of piperazine rings is 1. The van der Waals surface area contributed by atoms with Crippen molar-refractivity contribution in [2.24, 2.45) is 23.2 Å². The number of nitrogens with zero attached hydrogens (tertiary/aromatic N) is 4. The first-order chi connectivity index (χ1) is 14.6. The molecule has 2 saturated heterocycles. The lowest BCUT2D eigenvalue weighted by Crippen LogP contribution is -2.59. The van der Waals surface area contributed by atoms with Crippen LogP contribution in [0.15, 0.2) is 11.6 Å². The van der Waals surface area contributed by atoms with Gasteiger partial charge in [-0.3, -0.25) is 9.59 Å². The maximum absolute atomic E-state index is 13.8. The molecule has 1 aromatic rings. The van der Waals surface area contributed by atoms with Crippen molar-refractivity contribution in [3.05, 3.63) is 11.6 Å². The van der Waals surface area contributed by atoms with Crippen molar-refractivity contribution in [3.8, 4) is 0 Å². The van der Waals surface area contributed by atoms with Crippen molar-refractivity contribution in [2.45, 2.75) is 57.4 Å². The highest BCUT2D eigenvalue weighted by Crippen LogP contribution is 2.60. The van der Waals surface area contributed by atoms with E-state index in [-0.39, 0.29) is 17.4 Å². The van der Waals surface area contributed by atoms with Gasteiger partial charge in [0.1, 0.15) is 6.04 Å². The number of likely N-dealkylation sites (tertiary alicyclic amines) is 1. The molecule has 7 rings (SSSR count). The summed E-state index contributed by atoms with van der Waals surface area (Å²) in [6.45, 7) is 3.89. The Kier molecular flexibility index (Phi) is 4.59. The number of anilines is 1. The third kappa shape index (κ3) is 3.07. The molecule has 4 aliphatic carbocycles. The van der Waals surface area contributed by atoms with Crippen LogP contribution in [0.2, 0.25) is 0 Å². The van der Waals surface area contributed by atoms with Crippen LogP contribution in [-0.4, -0.2) is 65.4 Å². The van der Waals surface area contributed by atoms with Crippen molar-refractivity contribution in [1.82, 2.24) is 14.8 Å². The minimum atomic E-state index is -0.225. The van der Waals surface area contributed by atoms with Crippen molar-refractivity contribution in [1.29, 1.82) is 0 Å². The van der Waals surface area contributed by atoms with Gasteiger partial charge in [-0.2, -0.15) is 0 Å². The summed E-state index contributed by atoms with van der Waals surface area (Å²) in [5.74, 6) is 2.80. The molecular formula is C23H32N4O2S. The molecule has 4 bridgehead atoms. The van der Waals surface area contributed by atoms with E-state index in [1.54, 1.807) is 11.3 Å². The van der Waals surface area contributed by atoms with E-state index in [4.69, 9.17) is 0 Å². The van der Waals surface area contributed by atoms with Crippen molar-refractivity contribution < 1.29 is 9.59 Å². The molecule has 1 atom stereocenters. The minimum Gasteiger partial charge on any atom is -0.345 e. The summed E-state index contributed by atoms with van der Waals surface area (Å²) in [7, 11) is 0. The second-order valence-corrected chi connectivity index (χ2v) is 11.4. The zero-order valence-corrected chi connectivity index (χ0v) is 18.5. The van der Waals surface area contributed by atoms with Crippen LogP contribution in [0.4, 0.5) is 5.13 Å². The molecule has 7 heteroatoms. The molecule has 162 valence electrons. The largest absolute Gasteiger partial charge is 0.345 e. The summed E-state index contributed by atoms with van der Waals surface area (Å²) < 4.78 is 0. The van der Waals surface area contributed by atoms with E-state index in [1.807, 2.05) is 21.4 Å². The number of hydrogen-bond acceptors (Lipinski definition) is 5. The van der Waals surface area contributed by atoms with Gasteiger partial charge in [-0.1, -0.05) is 0 Å². The van der Waals surface area contributed by atoms with Gasteiger partial charge in [-0.15, -0.1) is 11.3 Å². The Morgan fingerprint density at radius 1 is 0.967 bits per heavy atom. The molecule has 0 spiro atoms. The molecule has 6 aliphatic rings. The van der Waals surface area contributed by atoms with Crippen LogP contribution < -0.4 is 4.90 Å². The van der Waals surface area contributed by atoms with Crippen LogP contribution in [0.5, 0.6) is 0 Å². The zero-order chi connectivity index (χ0) is 20.3. The predicted molar refractivity (Wildman–Crippen MR) is 116 cm³/mol. The summed E-state index contributed by atoms with van der Waals surface area (Å²) in [4.78, 5) is 38.0. The molecule has 4 saturated carbocycles. The quantitative estimate of drug-likeness (QED) is 0.743. The number of carbonyl (C=O) groups excluding carboxylic acids is 2. The third-order valence-corrected chi connectivity index (χ3v) is 9.40. The van der Waals surface area contributed by atoms with Crippen LogP contribution in [0.1, 0.15) is 51.4 Å². The Morgan fingerprint density at radius 2 is 1.63 bits per heavy atom. The van der Waals surface area contributed by atoms with Gasteiger partial charge >= 0.3 is 0 Å². The van der Waals surface area contributed by atoms with Crippen molar-refractivity contribution in [3.63, 3.8) is 0 Å². The van der Waals surface area contributed by atoms with Gasteiger partial charge in [0.2, 0.25) is 11.8 Å². The monoisotopic (exact) mass is 428 g/mol. The Morgan fingerprint density at radius 3 is 2.23 bits per heavy atom. The lowest BCUT2D eigenvalue weighted by atomic mass is 9.49. The fourth-order valence-corrected chi connectivity index (χ4v) is 8.34. The number of carbonyl (C=O) groups is 2. The van der Waals surface area contributed by atoms with Crippen LogP contribution in [0, 0.1) is 23.2 Å². The molecule has 1 unspecified atom stereocenters. The molecule has 6 fully saturated rings. The maximum Gasteiger partial charge on any atom is 0.245 e. The van der Waals surface area contributed by atoms with E-state index < -0.39 is 0 Å². The van der Waals surface area contributed by atoms with Crippen LogP contribution in [-0.2, 0) is 9.59 Å². The Bertz CT molecular complexity index is 782. The highest BCUT2D eigenvalue weighted by Gasteiger charge is 2.57. The van der Waals surface area contributed by atoms with Gasteiger partial charge in [0, 0.05) is 44.3 Å². The third-order valence-electron chi connectivity index (χ3n) is 8.57. The topological polar surface area (TPSA) is 56.8 Å². The van der Waals surface area contributed by atoms with Gasteiger partial charge < -0.3 is 14.7 Å². The highest BCUT2D eigenvalue weighted by molar-refractivity contribution is 7.13. The van der Waals surface area contributed by atoms with Crippen LogP contribution in [0.3, 0.4) is 0 Å². The Hall–Kier alpha value is -1.63. The average Bonchev–Trinajstić information content (AvgIpc) is 3.44. The predicted octanol–water partition coefficient (Wildman–Crippen LogP) is 3.00. The lowest BCUT2D eigenvalue weighted by Gasteiger charge is -2.56. The van der Waals surface area contributed by atoms with E-state index in [1.165, 1.54) is 19.3 Å². The highest BCUT2D eigenvalue weighted by atomic mass is 32.1. The number of aromatic nitrogens is 1. The van der Waals surface area contributed by atoms with Crippen LogP contribution >= 0.6 is 11.3 Å². The SMILES string of the molecule is O=C(C1CCCN1C(=O)C12CC3CC(CC(C3)C1)C2)N1CCN(c2nccs2)CC1. The fraction of sp³-hybridized carbons (Fsp3) is 0.783. The van der Waals surface area contributed by atoms with Crippen LogP contribution in [0.25, 0.3) is 0 Å². The van der Waals surface area contributed by atoms with Crippen molar-refractivity contribution in [2.75, 3.05) is 37.6 Å². The molecule has 3 heterocycles. The van der Waals surface area contributed by atoms with Gasteiger partial charge in [-0.05, 0) is 69.1 Å². The summed E-state index contributed by atoms with van der Waals surface area (Å²) in [5, 5.41) is 3.04. The molecule has 2 aliphatic heterocycles. The van der Waals surface area contributed by atoms with Crippen molar-refractivity contribution >= 4 is 28.3 Å². The summed E-state index contributed by atoms with van der Waals surface area (Å²) >= 11 is 1.65. The molecule has 1 aromatic heterocycles. The first-order valence-corrected chi connectivity index (χ1v) is 12.7. The molecule has 6 nitrogen and oxygen atoms in total. The number of hydrogen-bond donors (Lipinski definition) is 0. The first-order valence-electron chi connectivity index (χ1n) is 11.9. The fourth-order valence-electron chi connectivity index (χ4n) is 7.64. The summed E-state index contributed by atoms with van der Waals surface area (Å²) in [6.07, 6.45) is 10.9. The molecule has 30 heavy (non-hydrogen) atoms.